The molecule has 1 heterocycles. The Bertz CT molecular complexity index is 480. The minimum absolute atomic E-state index is 0.0290. The van der Waals surface area contributed by atoms with Crippen molar-refractivity contribution in [2.24, 2.45) is 0 Å². The SMILES string of the molecule is COC(=O)CCSc1nc(N)nc(C)c1[N+](=O)[O-]. The Morgan fingerprint density at radius 1 is 1.56 bits per heavy atom. The molecule has 9 heteroatoms. The zero-order valence-corrected chi connectivity index (χ0v) is 10.7. The summed E-state index contributed by atoms with van der Waals surface area (Å²) >= 11 is 1.07. The van der Waals surface area contributed by atoms with Crippen LogP contribution in [0.15, 0.2) is 5.03 Å². The molecule has 1 aromatic heterocycles. The van der Waals surface area contributed by atoms with E-state index < -0.39 is 4.92 Å². The van der Waals surface area contributed by atoms with Crippen LogP contribution in [0.4, 0.5) is 11.6 Å². The Morgan fingerprint density at radius 3 is 2.78 bits per heavy atom. The second kappa shape index (κ2) is 6.15. The Balaban J connectivity index is 2.87. The molecule has 1 aromatic rings. The van der Waals surface area contributed by atoms with Crippen LogP contribution in [0.5, 0.6) is 0 Å². The summed E-state index contributed by atoms with van der Waals surface area (Å²) in [5.74, 6) is -0.0915. The number of carbonyl (C=O) groups is 1. The summed E-state index contributed by atoms with van der Waals surface area (Å²) in [6.07, 6.45) is 0.140. The molecule has 1 rings (SSSR count). The molecule has 18 heavy (non-hydrogen) atoms. The molecule has 0 atom stereocenters. The highest BCUT2D eigenvalue weighted by Crippen LogP contribution is 2.30. The lowest BCUT2D eigenvalue weighted by molar-refractivity contribution is -0.389. The number of aryl methyl sites for hydroxylation is 1. The van der Waals surface area contributed by atoms with E-state index in [0.29, 0.717) is 5.75 Å². The van der Waals surface area contributed by atoms with Crippen molar-refractivity contribution in [3.63, 3.8) is 0 Å². The molecule has 2 N–H and O–H groups in total. The number of nitrogen functional groups attached to an aromatic ring is 1. The van der Waals surface area contributed by atoms with Gasteiger partial charge in [0.2, 0.25) is 5.95 Å². The van der Waals surface area contributed by atoms with Crippen molar-refractivity contribution in [2.45, 2.75) is 18.4 Å². The highest BCUT2D eigenvalue weighted by atomic mass is 32.2. The number of carbonyl (C=O) groups excluding carboxylic acids is 1. The Kier molecular flexibility index (Phi) is 4.84. The lowest BCUT2D eigenvalue weighted by Crippen LogP contribution is -2.05. The van der Waals surface area contributed by atoms with Crippen molar-refractivity contribution < 1.29 is 14.5 Å². The molecular weight excluding hydrogens is 260 g/mol. The number of nitro groups is 1. The molecule has 8 nitrogen and oxygen atoms in total. The standard InChI is InChI=1S/C9H12N4O4S/c1-5-7(13(15)16)8(12-9(10)11-5)18-4-3-6(14)17-2/h3-4H2,1-2H3,(H2,10,11,12). The summed E-state index contributed by atoms with van der Waals surface area (Å²) in [5, 5.41) is 11.0. The van der Waals surface area contributed by atoms with Crippen molar-refractivity contribution in [3.05, 3.63) is 15.8 Å². The maximum atomic E-state index is 10.9. The van der Waals surface area contributed by atoms with E-state index in [1.165, 1.54) is 14.0 Å². The maximum absolute atomic E-state index is 10.9. The van der Waals surface area contributed by atoms with Gasteiger partial charge in [-0.05, 0) is 6.92 Å². The average molecular weight is 272 g/mol. The van der Waals surface area contributed by atoms with Gasteiger partial charge >= 0.3 is 11.7 Å². The summed E-state index contributed by atoms with van der Waals surface area (Å²) < 4.78 is 4.47. The van der Waals surface area contributed by atoms with E-state index in [2.05, 4.69) is 14.7 Å². The summed E-state index contributed by atoms with van der Waals surface area (Å²) in [7, 11) is 1.28. The summed E-state index contributed by atoms with van der Waals surface area (Å²) in [6.45, 7) is 1.49. The van der Waals surface area contributed by atoms with E-state index >= 15 is 0 Å². The summed E-state index contributed by atoms with van der Waals surface area (Å²) in [5.41, 5.74) is 5.46. The van der Waals surface area contributed by atoms with Gasteiger partial charge in [-0.15, -0.1) is 0 Å². The highest BCUT2D eigenvalue weighted by molar-refractivity contribution is 7.99. The molecule has 0 aromatic carbocycles. The number of hydrogen-bond donors (Lipinski definition) is 1. The van der Waals surface area contributed by atoms with Crippen LogP contribution in [0.2, 0.25) is 0 Å². The van der Waals surface area contributed by atoms with E-state index in [-0.39, 0.29) is 34.7 Å². The van der Waals surface area contributed by atoms with Gasteiger partial charge in [0.25, 0.3) is 0 Å². The van der Waals surface area contributed by atoms with Crippen molar-refractivity contribution in [2.75, 3.05) is 18.6 Å². The first-order chi connectivity index (χ1) is 8.45. The molecule has 0 unspecified atom stereocenters. The summed E-state index contributed by atoms with van der Waals surface area (Å²) in [4.78, 5) is 28.8. The third kappa shape index (κ3) is 3.55. The predicted molar refractivity (Wildman–Crippen MR) is 65.2 cm³/mol. The molecule has 0 amide bonds. The van der Waals surface area contributed by atoms with Gasteiger partial charge in [0.15, 0.2) is 5.03 Å². The van der Waals surface area contributed by atoms with Crippen molar-refractivity contribution in [3.8, 4) is 0 Å². The number of methoxy groups -OCH3 is 1. The van der Waals surface area contributed by atoms with Crippen LogP contribution in [-0.2, 0) is 9.53 Å². The fourth-order valence-corrected chi connectivity index (χ4v) is 2.18. The first-order valence-electron chi connectivity index (χ1n) is 4.93. The van der Waals surface area contributed by atoms with E-state index in [9.17, 15) is 14.9 Å². The maximum Gasteiger partial charge on any atom is 0.322 e. The van der Waals surface area contributed by atoms with Gasteiger partial charge in [-0.3, -0.25) is 14.9 Å². The van der Waals surface area contributed by atoms with Crippen molar-refractivity contribution in [1.82, 2.24) is 9.97 Å². The highest BCUT2D eigenvalue weighted by Gasteiger charge is 2.21. The normalized spacial score (nSPS) is 10.1. The minimum Gasteiger partial charge on any atom is -0.469 e. The molecule has 0 saturated heterocycles. The van der Waals surface area contributed by atoms with Gasteiger partial charge in [-0.25, -0.2) is 4.98 Å². The third-order valence-electron chi connectivity index (χ3n) is 2.00. The molecule has 0 fully saturated rings. The third-order valence-corrected chi connectivity index (χ3v) is 2.97. The molecule has 0 radical (unpaired) electrons. The number of nitrogens with zero attached hydrogens (tertiary/aromatic N) is 3. The quantitative estimate of drug-likeness (QED) is 0.276. The lowest BCUT2D eigenvalue weighted by atomic mass is 10.4. The average Bonchev–Trinajstić information content (AvgIpc) is 2.27. The van der Waals surface area contributed by atoms with Gasteiger partial charge in [0.1, 0.15) is 5.69 Å². The molecule has 0 aliphatic heterocycles. The largest absolute Gasteiger partial charge is 0.469 e. The van der Waals surface area contributed by atoms with Gasteiger partial charge in [0.05, 0.1) is 18.5 Å². The second-order valence-corrected chi connectivity index (χ2v) is 4.34. The Hall–Kier alpha value is -1.90. The van der Waals surface area contributed by atoms with E-state index in [4.69, 9.17) is 5.73 Å². The fraction of sp³-hybridized carbons (Fsp3) is 0.444. The molecular formula is C9H12N4O4S. The van der Waals surface area contributed by atoms with Gasteiger partial charge in [0, 0.05) is 5.75 Å². The molecule has 0 aliphatic rings. The number of ether oxygens (including phenoxy) is 1. The van der Waals surface area contributed by atoms with Crippen LogP contribution in [0.25, 0.3) is 0 Å². The smallest absolute Gasteiger partial charge is 0.322 e. The van der Waals surface area contributed by atoms with Gasteiger partial charge in [-0.1, -0.05) is 11.8 Å². The predicted octanol–water partition coefficient (Wildman–Crippen LogP) is 0.931. The van der Waals surface area contributed by atoms with Crippen molar-refractivity contribution in [1.29, 1.82) is 0 Å². The van der Waals surface area contributed by atoms with Crippen LogP contribution in [0, 0.1) is 17.0 Å². The van der Waals surface area contributed by atoms with E-state index in [1.807, 2.05) is 0 Å². The van der Waals surface area contributed by atoms with Crippen LogP contribution >= 0.6 is 11.8 Å². The van der Waals surface area contributed by atoms with Crippen molar-refractivity contribution >= 4 is 29.4 Å². The number of aromatic nitrogens is 2. The number of esters is 1. The van der Waals surface area contributed by atoms with Crippen LogP contribution in [0.3, 0.4) is 0 Å². The number of nitrogens with two attached hydrogens (primary N) is 1. The first-order valence-corrected chi connectivity index (χ1v) is 5.92. The lowest BCUT2D eigenvalue weighted by Gasteiger charge is -2.04. The Labute approximate surface area is 107 Å². The molecule has 0 spiro atoms. The number of hydrogen-bond acceptors (Lipinski definition) is 8. The van der Waals surface area contributed by atoms with Gasteiger partial charge in [-0.2, -0.15) is 4.98 Å². The number of anilines is 1. The monoisotopic (exact) mass is 272 g/mol. The molecule has 0 bridgehead atoms. The zero-order valence-electron chi connectivity index (χ0n) is 9.87. The van der Waals surface area contributed by atoms with Crippen LogP contribution < -0.4 is 5.73 Å². The van der Waals surface area contributed by atoms with Gasteiger partial charge < -0.3 is 10.5 Å². The topological polar surface area (TPSA) is 121 Å². The second-order valence-electron chi connectivity index (χ2n) is 3.25. The summed E-state index contributed by atoms with van der Waals surface area (Å²) in [6, 6.07) is 0. The fourth-order valence-electron chi connectivity index (χ4n) is 1.21. The minimum atomic E-state index is -0.560. The first kappa shape index (κ1) is 14.2. The van der Waals surface area contributed by atoms with E-state index in [0.717, 1.165) is 11.8 Å². The zero-order chi connectivity index (χ0) is 13.7. The molecule has 98 valence electrons. The molecule has 0 saturated carbocycles. The van der Waals surface area contributed by atoms with Crippen LogP contribution in [0.1, 0.15) is 12.1 Å². The Morgan fingerprint density at radius 2 is 2.22 bits per heavy atom. The van der Waals surface area contributed by atoms with E-state index in [1.54, 1.807) is 0 Å². The van der Waals surface area contributed by atoms with Crippen LogP contribution in [-0.4, -0.2) is 33.7 Å². The number of rotatable bonds is 5. The number of thioether (sulfide) groups is 1. The molecule has 0 aliphatic carbocycles.